The maximum absolute atomic E-state index is 12.8. The van der Waals surface area contributed by atoms with Crippen LogP contribution in [0.25, 0.3) is 0 Å². The number of amides is 3. The van der Waals surface area contributed by atoms with Gasteiger partial charge in [0.05, 0.1) is 47.6 Å². The van der Waals surface area contributed by atoms with Crippen LogP contribution in [-0.4, -0.2) is 62.0 Å². The number of nitrogens with one attached hydrogen (secondary N) is 1. The van der Waals surface area contributed by atoms with E-state index in [9.17, 15) is 27.9 Å². The Morgan fingerprint density at radius 3 is 2.33 bits per heavy atom. The third-order valence-corrected chi connectivity index (χ3v) is 6.83. The van der Waals surface area contributed by atoms with Crippen LogP contribution < -0.4 is 15.0 Å². The summed E-state index contributed by atoms with van der Waals surface area (Å²) in [7, 11) is -1.92. The van der Waals surface area contributed by atoms with E-state index < -0.39 is 45.5 Å². The van der Waals surface area contributed by atoms with Crippen LogP contribution in [0.3, 0.4) is 0 Å². The average molecular weight is 430 g/mol. The van der Waals surface area contributed by atoms with Crippen LogP contribution in [0.15, 0.2) is 42.5 Å². The number of methoxy groups -OCH3 is 1. The molecule has 30 heavy (non-hydrogen) atoms. The molecular weight excluding hydrogens is 412 g/mol. The summed E-state index contributed by atoms with van der Waals surface area (Å²) in [5.41, 5.74) is 0.689. The zero-order valence-electron chi connectivity index (χ0n) is 15.9. The van der Waals surface area contributed by atoms with E-state index in [2.05, 4.69) is 5.32 Å². The lowest BCUT2D eigenvalue weighted by Crippen LogP contribution is -2.42. The first-order valence-corrected chi connectivity index (χ1v) is 10.9. The molecule has 0 saturated carbocycles. The summed E-state index contributed by atoms with van der Waals surface area (Å²) in [6.45, 7) is 0. The smallest absolute Gasteiger partial charge is 0.266 e. The molecular formula is C20H18N2O7S. The first-order valence-electron chi connectivity index (χ1n) is 9.06. The van der Waals surface area contributed by atoms with E-state index in [1.54, 1.807) is 24.3 Å². The monoisotopic (exact) mass is 430 g/mol. The fraction of sp³-hybridized carbons (Fsp3) is 0.250. The number of rotatable bonds is 4. The molecule has 0 bridgehead atoms. The second-order valence-corrected chi connectivity index (χ2v) is 9.28. The van der Waals surface area contributed by atoms with Gasteiger partial charge in [-0.2, -0.15) is 0 Å². The van der Waals surface area contributed by atoms with E-state index in [4.69, 9.17) is 4.74 Å². The number of aliphatic hydroxyl groups is 1. The Kier molecular flexibility index (Phi) is 4.83. The molecule has 1 saturated heterocycles. The van der Waals surface area contributed by atoms with Gasteiger partial charge >= 0.3 is 0 Å². The topological polar surface area (TPSA) is 130 Å². The van der Waals surface area contributed by atoms with Gasteiger partial charge in [0.1, 0.15) is 5.75 Å². The van der Waals surface area contributed by atoms with Crippen molar-refractivity contribution in [2.45, 2.75) is 12.1 Å². The van der Waals surface area contributed by atoms with Gasteiger partial charge in [-0.1, -0.05) is 0 Å². The maximum Gasteiger partial charge on any atom is 0.266 e. The highest BCUT2D eigenvalue weighted by Gasteiger charge is 2.39. The number of imide groups is 1. The van der Waals surface area contributed by atoms with Gasteiger partial charge in [0.2, 0.25) is 0 Å². The second kappa shape index (κ2) is 7.22. The number of ether oxygens (including phenoxy) is 1. The van der Waals surface area contributed by atoms with Gasteiger partial charge in [-0.3, -0.25) is 14.4 Å². The van der Waals surface area contributed by atoms with E-state index in [1.165, 1.54) is 25.3 Å². The van der Waals surface area contributed by atoms with Gasteiger partial charge in [0.25, 0.3) is 17.7 Å². The molecule has 2 N–H and O–H groups in total. The quantitative estimate of drug-likeness (QED) is 0.671. The normalized spacial score (nSPS) is 22.1. The molecule has 2 aromatic carbocycles. The lowest BCUT2D eigenvalue weighted by atomic mass is 10.0. The second-order valence-electron chi connectivity index (χ2n) is 7.13. The van der Waals surface area contributed by atoms with Crippen LogP contribution >= 0.6 is 0 Å². The van der Waals surface area contributed by atoms with Crippen LogP contribution in [-0.2, 0) is 9.84 Å². The zero-order valence-corrected chi connectivity index (χ0v) is 16.7. The van der Waals surface area contributed by atoms with Crippen molar-refractivity contribution in [3.63, 3.8) is 0 Å². The molecule has 0 unspecified atom stereocenters. The Labute approximate surface area is 172 Å². The highest BCUT2D eigenvalue weighted by atomic mass is 32.2. The number of carbonyl (C=O) groups excluding carboxylic acids is 3. The number of anilines is 1. The van der Waals surface area contributed by atoms with Crippen molar-refractivity contribution in [2.24, 2.45) is 0 Å². The summed E-state index contributed by atoms with van der Waals surface area (Å²) in [6, 6.07) is 9.54. The molecule has 2 atom stereocenters. The molecule has 2 heterocycles. The molecule has 0 spiro atoms. The Hall–Kier alpha value is -3.24. The summed E-state index contributed by atoms with van der Waals surface area (Å²) >= 11 is 0. The van der Waals surface area contributed by atoms with Crippen LogP contribution in [0.2, 0.25) is 0 Å². The Bertz CT molecular complexity index is 1160. The average Bonchev–Trinajstić information content (AvgIpc) is 3.12. The summed E-state index contributed by atoms with van der Waals surface area (Å²) < 4.78 is 28.3. The molecule has 4 rings (SSSR count). The summed E-state index contributed by atoms with van der Waals surface area (Å²) in [4.78, 5) is 39.1. The van der Waals surface area contributed by atoms with Gasteiger partial charge in [0, 0.05) is 5.56 Å². The SMILES string of the molecule is COc1ccc(N2C(=O)c3ccc(C(=O)N[C@@H]4CS(=O)(=O)C[C@H]4O)cc3C2=O)cc1. The van der Waals surface area contributed by atoms with Crippen molar-refractivity contribution < 1.29 is 32.6 Å². The van der Waals surface area contributed by atoms with Crippen LogP contribution in [0.5, 0.6) is 5.75 Å². The molecule has 10 heteroatoms. The number of carbonyl (C=O) groups is 3. The van der Waals surface area contributed by atoms with Gasteiger partial charge in [-0.05, 0) is 42.5 Å². The number of fused-ring (bicyclic) bond motifs is 1. The fourth-order valence-corrected chi connectivity index (χ4v) is 5.31. The Balaban J connectivity index is 1.58. The zero-order chi connectivity index (χ0) is 21.6. The minimum Gasteiger partial charge on any atom is -0.497 e. The van der Waals surface area contributed by atoms with Crippen molar-refractivity contribution >= 4 is 33.2 Å². The first-order chi connectivity index (χ1) is 14.2. The van der Waals surface area contributed by atoms with Crippen molar-refractivity contribution in [2.75, 3.05) is 23.5 Å². The van der Waals surface area contributed by atoms with E-state index in [0.29, 0.717) is 11.4 Å². The summed E-state index contributed by atoms with van der Waals surface area (Å²) in [6.07, 6.45) is -1.19. The van der Waals surface area contributed by atoms with Crippen molar-refractivity contribution in [1.82, 2.24) is 5.32 Å². The van der Waals surface area contributed by atoms with E-state index in [-0.39, 0.29) is 22.4 Å². The molecule has 156 valence electrons. The summed E-state index contributed by atoms with van der Waals surface area (Å²) in [5.74, 6) is -1.91. The molecule has 2 aromatic rings. The predicted molar refractivity (Wildman–Crippen MR) is 106 cm³/mol. The highest BCUT2D eigenvalue weighted by Crippen LogP contribution is 2.30. The molecule has 3 amide bonds. The van der Waals surface area contributed by atoms with Gasteiger partial charge in [-0.15, -0.1) is 0 Å². The third kappa shape index (κ3) is 3.44. The minimum absolute atomic E-state index is 0.0723. The minimum atomic E-state index is -3.42. The molecule has 2 aliphatic rings. The van der Waals surface area contributed by atoms with Crippen LogP contribution in [0.4, 0.5) is 5.69 Å². The van der Waals surface area contributed by atoms with E-state index >= 15 is 0 Å². The van der Waals surface area contributed by atoms with Crippen molar-refractivity contribution in [3.05, 3.63) is 59.2 Å². The van der Waals surface area contributed by atoms with Crippen molar-refractivity contribution in [1.29, 1.82) is 0 Å². The van der Waals surface area contributed by atoms with E-state index in [0.717, 1.165) is 4.90 Å². The van der Waals surface area contributed by atoms with Gasteiger partial charge in [-0.25, -0.2) is 13.3 Å². The fourth-order valence-electron chi connectivity index (χ4n) is 3.57. The first kappa shape index (κ1) is 20.0. The van der Waals surface area contributed by atoms with Crippen LogP contribution in [0, 0.1) is 0 Å². The number of hydrogen-bond donors (Lipinski definition) is 2. The molecule has 0 radical (unpaired) electrons. The number of aliphatic hydroxyl groups excluding tert-OH is 1. The third-order valence-electron chi connectivity index (χ3n) is 5.12. The van der Waals surface area contributed by atoms with Gasteiger partial charge < -0.3 is 15.2 Å². The molecule has 2 aliphatic heterocycles. The number of sulfone groups is 1. The van der Waals surface area contributed by atoms with Crippen LogP contribution in [0.1, 0.15) is 31.1 Å². The van der Waals surface area contributed by atoms with Crippen molar-refractivity contribution in [3.8, 4) is 5.75 Å². The number of nitrogens with zero attached hydrogens (tertiary/aromatic N) is 1. The maximum atomic E-state index is 12.8. The lowest BCUT2D eigenvalue weighted by molar-refractivity contribution is 0.0887. The Morgan fingerprint density at radius 1 is 1.07 bits per heavy atom. The molecule has 0 aliphatic carbocycles. The predicted octanol–water partition coefficient (Wildman–Crippen LogP) is 0.383. The van der Waals surface area contributed by atoms with E-state index in [1.807, 2.05) is 0 Å². The van der Waals surface area contributed by atoms with Gasteiger partial charge in [0.15, 0.2) is 9.84 Å². The largest absolute Gasteiger partial charge is 0.497 e. The summed E-state index contributed by atoms with van der Waals surface area (Å²) in [5, 5.41) is 12.3. The number of benzene rings is 2. The molecule has 1 fully saturated rings. The standard InChI is InChI=1S/C20H18N2O7S/c1-29-13-5-3-12(4-6-13)22-19(25)14-7-2-11(8-15(14)20(22)26)18(24)21-16-9-30(27,28)10-17(16)23/h2-8,16-17,23H,9-10H2,1H3,(H,21,24)/t16-,17-/m1/s1. The molecule has 0 aromatic heterocycles. The lowest BCUT2D eigenvalue weighted by Gasteiger charge is -2.15. The Morgan fingerprint density at radius 2 is 1.73 bits per heavy atom. The highest BCUT2D eigenvalue weighted by molar-refractivity contribution is 7.91. The molecule has 9 nitrogen and oxygen atoms in total. The number of hydrogen-bond acceptors (Lipinski definition) is 7.